The Hall–Kier alpha value is -3.55. The first-order valence-electron chi connectivity index (χ1n) is 9.07. The molecular formula is C20H20N6O2. The number of rotatable bonds is 3. The van der Waals surface area contributed by atoms with E-state index in [0.717, 1.165) is 11.1 Å². The van der Waals surface area contributed by atoms with E-state index in [1.54, 1.807) is 11.0 Å². The van der Waals surface area contributed by atoms with Gasteiger partial charge in [-0.3, -0.25) is 9.59 Å². The first kappa shape index (κ1) is 17.8. The van der Waals surface area contributed by atoms with Crippen molar-refractivity contribution in [2.75, 3.05) is 10.2 Å². The summed E-state index contributed by atoms with van der Waals surface area (Å²) < 4.78 is 0. The molecule has 0 unspecified atom stereocenters. The number of fused-ring (bicyclic) bond motifs is 1. The van der Waals surface area contributed by atoms with Gasteiger partial charge in [0.15, 0.2) is 0 Å². The lowest BCUT2D eigenvalue weighted by molar-refractivity contribution is -0.120. The molecule has 2 amide bonds. The van der Waals surface area contributed by atoms with Gasteiger partial charge in [0.25, 0.3) is 5.91 Å². The molecule has 0 bridgehead atoms. The maximum atomic E-state index is 13.1. The third-order valence-electron chi connectivity index (χ3n) is 4.74. The summed E-state index contributed by atoms with van der Waals surface area (Å²) in [4.78, 5) is 28.1. The van der Waals surface area contributed by atoms with Gasteiger partial charge in [0.2, 0.25) is 11.7 Å². The molecular weight excluding hydrogens is 356 g/mol. The molecule has 1 N–H and O–H groups in total. The number of nitrogens with zero attached hydrogens (tertiary/aromatic N) is 5. The fraction of sp³-hybridized carbons (Fsp3) is 0.250. The van der Waals surface area contributed by atoms with Gasteiger partial charge in [0, 0.05) is 18.0 Å². The average Bonchev–Trinajstić information content (AvgIpc) is 3.06. The Morgan fingerprint density at radius 3 is 2.75 bits per heavy atom. The minimum Gasteiger partial charge on any atom is -0.324 e. The molecule has 28 heavy (non-hydrogen) atoms. The number of tetrazole rings is 1. The number of aryl methyl sites for hydroxylation is 1. The number of benzene rings is 2. The van der Waals surface area contributed by atoms with E-state index in [9.17, 15) is 9.59 Å². The van der Waals surface area contributed by atoms with Gasteiger partial charge in [-0.15, -0.1) is 10.2 Å². The van der Waals surface area contributed by atoms with Crippen LogP contribution in [0.25, 0.3) is 11.4 Å². The molecule has 2 heterocycles. The number of para-hydroxylation sites is 2. The van der Waals surface area contributed by atoms with Gasteiger partial charge in [-0.25, -0.2) is 0 Å². The Labute approximate surface area is 162 Å². The Morgan fingerprint density at radius 1 is 1.18 bits per heavy atom. The summed E-state index contributed by atoms with van der Waals surface area (Å²) in [5.41, 5.74) is 3.21. The van der Waals surface area contributed by atoms with Gasteiger partial charge in [-0.1, -0.05) is 36.4 Å². The van der Waals surface area contributed by atoms with E-state index in [1.165, 1.54) is 4.80 Å². The first-order chi connectivity index (χ1) is 13.5. The molecule has 2 aromatic carbocycles. The van der Waals surface area contributed by atoms with Crippen LogP contribution in [-0.2, 0) is 16.1 Å². The second-order valence-electron chi connectivity index (χ2n) is 6.84. The molecule has 3 aromatic rings. The number of carbonyl (C=O) groups is 2. The standard InChI is InChI=1S/C20H20N6O2/c1-13-7-3-4-8-15(13)20-22-24-25(23-20)12-19(28)26-14(2)11-18(27)21-16-9-5-6-10-17(16)26/h3-10,14H,11-12H2,1-2H3,(H,21,27)/t14-/m1/s1. The second kappa shape index (κ2) is 7.22. The molecule has 8 nitrogen and oxygen atoms in total. The Balaban J connectivity index is 1.60. The minimum absolute atomic E-state index is 0.0637. The van der Waals surface area contributed by atoms with Crippen molar-refractivity contribution in [2.45, 2.75) is 32.9 Å². The third kappa shape index (κ3) is 3.36. The van der Waals surface area contributed by atoms with E-state index in [-0.39, 0.29) is 30.8 Å². The SMILES string of the molecule is Cc1ccccc1-c1nnn(CC(=O)N2c3ccccc3NC(=O)C[C@H]2C)n1. The zero-order valence-corrected chi connectivity index (χ0v) is 15.7. The smallest absolute Gasteiger partial charge is 0.250 e. The predicted octanol–water partition coefficient (Wildman–Crippen LogP) is 2.41. The van der Waals surface area contributed by atoms with Gasteiger partial charge >= 0.3 is 0 Å². The summed E-state index contributed by atoms with van der Waals surface area (Å²) in [5.74, 6) is 0.160. The molecule has 0 aliphatic carbocycles. The van der Waals surface area contributed by atoms with Crippen LogP contribution in [0, 0.1) is 6.92 Å². The fourth-order valence-electron chi connectivity index (χ4n) is 3.41. The number of carbonyl (C=O) groups excluding carboxylic acids is 2. The number of anilines is 2. The van der Waals surface area contributed by atoms with Crippen molar-refractivity contribution < 1.29 is 9.59 Å². The van der Waals surface area contributed by atoms with Crippen LogP contribution in [0.5, 0.6) is 0 Å². The van der Waals surface area contributed by atoms with Gasteiger partial charge in [0.1, 0.15) is 6.54 Å². The summed E-state index contributed by atoms with van der Waals surface area (Å²) in [5, 5.41) is 15.3. The monoisotopic (exact) mass is 376 g/mol. The van der Waals surface area contributed by atoms with Crippen LogP contribution in [0.1, 0.15) is 18.9 Å². The quantitative estimate of drug-likeness (QED) is 0.758. The van der Waals surface area contributed by atoms with E-state index in [4.69, 9.17) is 0 Å². The van der Waals surface area contributed by atoms with Gasteiger partial charge in [-0.2, -0.15) is 4.80 Å². The lowest BCUT2D eigenvalue weighted by atomic mass is 10.1. The van der Waals surface area contributed by atoms with Gasteiger partial charge in [-0.05, 0) is 36.8 Å². The Bertz CT molecular complexity index is 1040. The molecule has 0 radical (unpaired) electrons. The van der Waals surface area contributed by atoms with Crippen molar-refractivity contribution in [3.63, 3.8) is 0 Å². The normalized spacial score (nSPS) is 16.3. The van der Waals surface area contributed by atoms with Crippen LogP contribution < -0.4 is 10.2 Å². The summed E-state index contributed by atoms with van der Waals surface area (Å²) in [7, 11) is 0. The molecule has 142 valence electrons. The highest BCUT2D eigenvalue weighted by Crippen LogP contribution is 2.31. The van der Waals surface area contributed by atoms with Crippen molar-refractivity contribution in [1.29, 1.82) is 0 Å². The van der Waals surface area contributed by atoms with Crippen LogP contribution in [-0.4, -0.2) is 38.1 Å². The molecule has 1 atom stereocenters. The van der Waals surface area contributed by atoms with Crippen molar-refractivity contribution >= 4 is 23.2 Å². The maximum Gasteiger partial charge on any atom is 0.250 e. The van der Waals surface area contributed by atoms with Crippen LogP contribution in [0.4, 0.5) is 11.4 Å². The van der Waals surface area contributed by atoms with E-state index < -0.39 is 0 Å². The van der Waals surface area contributed by atoms with Crippen LogP contribution in [0.2, 0.25) is 0 Å². The zero-order chi connectivity index (χ0) is 19.7. The number of nitrogens with one attached hydrogen (secondary N) is 1. The number of aromatic nitrogens is 4. The lowest BCUT2D eigenvalue weighted by Gasteiger charge is -2.27. The lowest BCUT2D eigenvalue weighted by Crippen LogP contribution is -2.41. The van der Waals surface area contributed by atoms with Crippen LogP contribution in [0.15, 0.2) is 48.5 Å². The largest absolute Gasteiger partial charge is 0.324 e. The van der Waals surface area contributed by atoms with Crippen molar-refractivity contribution in [3.05, 3.63) is 54.1 Å². The maximum absolute atomic E-state index is 13.1. The predicted molar refractivity (Wildman–Crippen MR) is 105 cm³/mol. The molecule has 1 aromatic heterocycles. The fourth-order valence-corrected chi connectivity index (χ4v) is 3.41. The zero-order valence-electron chi connectivity index (χ0n) is 15.7. The molecule has 8 heteroatoms. The Kier molecular flexibility index (Phi) is 4.60. The molecule has 0 saturated heterocycles. The molecule has 1 aliphatic heterocycles. The highest BCUT2D eigenvalue weighted by molar-refractivity contribution is 6.04. The molecule has 0 saturated carbocycles. The van der Waals surface area contributed by atoms with Gasteiger partial charge in [0.05, 0.1) is 11.4 Å². The topological polar surface area (TPSA) is 93.0 Å². The Morgan fingerprint density at radius 2 is 1.93 bits per heavy atom. The summed E-state index contributed by atoms with van der Waals surface area (Å²) in [6, 6.07) is 14.7. The minimum atomic E-state index is -0.282. The molecule has 1 aliphatic rings. The van der Waals surface area contributed by atoms with Crippen LogP contribution in [0.3, 0.4) is 0 Å². The van der Waals surface area contributed by atoms with Crippen LogP contribution >= 0.6 is 0 Å². The second-order valence-corrected chi connectivity index (χ2v) is 6.84. The van der Waals surface area contributed by atoms with Crippen molar-refractivity contribution in [1.82, 2.24) is 20.2 Å². The van der Waals surface area contributed by atoms with Crippen molar-refractivity contribution in [2.24, 2.45) is 0 Å². The number of hydrogen-bond donors (Lipinski definition) is 1. The highest BCUT2D eigenvalue weighted by atomic mass is 16.2. The summed E-state index contributed by atoms with van der Waals surface area (Å²) >= 11 is 0. The molecule has 4 rings (SSSR count). The molecule has 0 fully saturated rings. The van der Waals surface area contributed by atoms with E-state index in [0.29, 0.717) is 17.2 Å². The number of amides is 2. The van der Waals surface area contributed by atoms with E-state index in [2.05, 4.69) is 20.7 Å². The molecule has 0 spiro atoms. The third-order valence-corrected chi connectivity index (χ3v) is 4.74. The van der Waals surface area contributed by atoms with Crippen molar-refractivity contribution in [3.8, 4) is 11.4 Å². The van der Waals surface area contributed by atoms with E-state index >= 15 is 0 Å². The van der Waals surface area contributed by atoms with E-state index in [1.807, 2.05) is 56.3 Å². The van der Waals surface area contributed by atoms with Gasteiger partial charge < -0.3 is 10.2 Å². The number of hydrogen-bond acceptors (Lipinski definition) is 5. The average molecular weight is 376 g/mol. The first-order valence-corrected chi connectivity index (χ1v) is 9.07. The summed E-state index contributed by atoms with van der Waals surface area (Å²) in [6.45, 7) is 3.76. The summed E-state index contributed by atoms with van der Waals surface area (Å²) in [6.07, 6.45) is 0.222. The highest BCUT2D eigenvalue weighted by Gasteiger charge is 2.30.